The first-order valence-corrected chi connectivity index (χ1v) is 6.56. The Hall–Kier alpha value is -1.27. The molecule has 0 bridgehead atoms. The smallest absolute Gasteiger partial charge is 0.335 e. The van der Waals surface area contributed by atoms with Gasteiger partial charge >= 0.3 is 6.18 Å². The van der Waals surface area contributed by atoms with E-state index in [0.29, 0.717) is 24.3 Å². The van der Waals surface area contributed by atoms with Gasteiger partial charge < -0.3 is 9.80 Å². The molecular weight excluding hydrogens is 273 g/mol. The van der Waals surface area contributed by atoms with Gasteiger partial charge in [-0.3, -0.25) is 9.59 Å². The van der Waals surface area contributed by atoms with Crippen molar-refractivity contribution < 1.29 is 22.8 Å². The summed E-state index contributed by atoms with van der Waals surface area (Å²) in [5, 5.41) is 0. The molecular formula is C13H21F3N2O2. The number of nitrogens with zero attached hydrogens (tertiary/aromatic N) is 2. The van der Waals surface area contributed by atoms with Crippen LogP contribution in [0.25, 0.3) is 0 Å². The third kappa shape index (κ3) is 4.11. The molecule has 20 heavy (non-hydrogen) atoms. The minimum Gasteiger partial charge on any atom is -0.335 e. The van der Waals surface area contributed by atoms with Crippen molar-refractivity contribution in [3.05, 3.63) is 0 Å². The predicted molar refractivity (Wildman–Crippen MR) is 67.9 cm³/mol. The second kappa shape index (κ2) is 5.61. The lowest BCUT2D eigenvalue weighted by molar-refractivity contribution is -0.163. The molecule has 1 aliphatic rings. The molecule has 0 aromatic rings. The normalized spacial score (nSPS) is 20.1. The summed E-state index contributed by atoms with van der Waals surface area (Å²) in [5.41, 5.74) is -0.647. The van der Waals surface area contributed by atoms with Crippen LogP contribution < -0.4 is 0 Å². The summed E-state index contributed by atoms with van der Waals surface area (Å²) in [6.07, 6.45) is -3.37. The van der Waals surface area contributed by atoms with Gasteiger partial charge in [0.1, 0.15) is 12.6 Å². The topological polar surface area (TPSA) is 40.6 Å². The van der Waals surface area contributed by atoms with Gasteiger partial charge in [0.2, 0.25) is 11.8 Å². The van der Waals surface area contributed by atoms with Crippen molar-refractivity contribution in [3.63, 3.8) is 0 Å². The Morgan fingerprint density at radius 2 is 1.80 bits per heavy atom. The van der Waals surface area contributed by atoms with Crippen LogP contribution in [-0.4, -0.2) is 54.0 Å². The molecule has 116 valence electrons. The van der Waals surface area contributed by atoms with Crippen molar-refractivity contribution >= 4 is 11.8 Å². The lowest BCUT2D eigenvalue weighted by Crippen LogP contribution is -2.51. The molecule has 0 spiro atoms. The van der Waals surface area contributed by atoms with Crippen LogP contribution in [0.5, 0.6) is 0 Å². The molecule has 0 unspecified atom stereocenters. The molecule has 1 saturated heterocycles. The zero-order valence-electron chi connectivity index (χ0n) is 12.3. The molecule has 0 radical (unpaired) electrons. The Labute approximate surface area is 116 Å². The highest BCUT2D eigenvalue weighted by Gasteiger charge is 2.41. The van der Waals surface area contributed by atoms with E-state index in [1.54, 1.807) is 20.8 Å². The van der Waals surface area contributed by atoms with Gasteiger partial charge in [-0.15, -0.1) is 0 Å². The van der Waals surface area contributed by atoms with Crippen LogP contribution in [0.4, 0.5) is 13.2 Å². The van der Waals surface area contributed by atoms with Crippen LogP contribution in [-0.2, 0) is 9.59 Å². The van der Waals surface area contributed by atoms with Gasteiger partial charge in [-0.25, -0.2) is 0 Å². The van der Waals surface area contributed by atoms with E-state index in [1.165, 1.54) is 4.90 Å². The largest absolute Gasteiger partial charge is 0.406 e. The maximum absolute atomic E-state index is 12.3. The first-order valence-electron chi connectivity index (χ1n) is 6.56. The predicted octanol–water partition coefficient (Wildman–Crippen LogP) is 2.04. The highest BCUT2D eigenvalue weighted by Crippen LogP contribution is 2.27. The Morgan fingerprint density at radius 3 is 2.25 bits per heavy atom. The summed E-state index contributed by atoms with van der Waals surface area (Å²) in [5.74, 6) is -0.841. The molecule has 0 aromatic carbocycles. The Kier molecular flexibility index (Phi) is 4.71. The average Bonchev–Trinajstić information content (AvgIpc) is 2.71. The van der Waals surface area contributed by atoms with Crippen LogP contribution in [0.2, 0.25) is 0 Å². The zero-order chi connectivity index (χ0) is 15.7. The summed E-state index contributed by atoms with van der Waals surface area (Å²) in [4.78, 5) is 26.4. The molecule has 0 aromatic heterocycles. The molecule has 7 heteroatoms. The minimum atomic E-state index is -4.43. The fourth-order valence-electron chi connectivity index (χ4n) is 2.30. The molecule has 0 saturated carbocycles. The van der Waals surface area contributed by atoms with Crippen molar-refractivity contribution in [2.75, 3.05) is 20.1 Å². The van der Waals surface area contributed by atoms with E-state index < -0.39 is 30.1 Å². The standard InChI is InChI=1S/C13H21F3N2O2/c1-12(2,3)11(20)18-7-5-6-9(18)10(19)17(4)8-13(14,15)16/h9H,5-8H2,1-4H3/t9-/m1/s1. The number of carbonyl (C=O) groups excluding carboxylic acids is 2. The SMILES string of the molecule is CN(CC(F)(F)F)C(=O)[C@H]1CCCN1C(=O)C(C)(C)C. The summed E-state index contributed by atoms with van der Waals surface area (Å²) in [7, 11) is 1.12. The third-order valence-electron chi connectivity index (χ3n) is 3.23. The van der Waals surface area contributed by atoms with Gasteiger partial charge in [0, 0.05) is 19.0 Å². The van der Waals surface area contributed by atoms with Crippen LogP contribution >= 0.6 is 0 Å². The molecule has 1 atom stereocenters. The van der Waals surface area contributed by atoms with E-state index >= 15 is 0 Å². The Morgan fingerprint density at radius 1 is 1.25 bits per heavy atom. The number of halogens is 3. The number of likely N-dealkylation sites (N-methyl/N-ethyl adjacent to an activating group) is 1. The molecule has 0 N–H and O–H groups in total. The second-order valence-electron chi connectivity index (χ2n) is 6.22. The van der Waals surface area contributed by atoms with Crippen molar-refractivity contribution in [1.29, 1.82) is 0 Å². The van der Waals surface area contributed by atoms with E-state index in [4.69, 9.17) is 0 Å². The van der Waals surface area contributed by atoms with Crippen molar-refractivity contribution in [2.45, 2.75) is 45.8 Å². The maximum Gasteiger partial charge on any atom is 0.406 e. The minimum absolute atomic E-state index is 0.200. The van der Waals surface area contributed by atoms with Crippen molar-refractivity contribution in [2.24, 2.45) is 5.41 Å². The van der Waals surface area contributed by atoms with E-state index in [1.807, 2.05) is 0 Å². The van der Waals surface area contributed by atoms with E-state index in [0.717, 1.165) is 7.05 Å². The highest BCUT2D eigenvalue weighted by atomic mass is 19.4. The number of alkyl halides is 3. The van der Waals surface area contributed by atoms with Crippen LogP contribution in [0.3, 0.4) is 0 Å². The number of hydrogen-bond donors (Lipinski definition) is 0. The zero-order valence-corrected chi connectivity index (χ0v) is 12.3. The lowest BCUT2D eigenvalue weighted by atomic mass is 9.94. The van der Waals surface area contributed by atoms with Gasteiger partial charge in [0.05, 0.1) is 0 Å². The molecule has 1 fully saturated rings. The van der Waals surface area contributed by atoms with Crippen LogP contribution in [0, 0.1) is 5.41 Å². The van der Waals surface area contributed by atoms with Gasteiger partial charge in [0.25, 0.3) is 0 Å². The summed E-state index contributed by atoms with van der Waals surface area (Å²) in [6.45, 7) is 4.32. The monoisotopic (exact) mass is 294 g/mol. The molecule has 2 amide bonds. The summed E-state index contributed by atoms with van der Waals surface area (Å²) in [6, 6.07) is -0.769. The van der Waals surface area contributed by atoms with Crippen molar-refractivity contribution in [1.82, 2.24) is 9.80 Å². The lowest BCUT2D eigenvalue weighted by Gasteiger charge is -2.32. The number of carbonyl (C=O) groups is 2. The molecule has 1 heterocycles. The van der Waals surface area contributed by atoms with Crippen molar-refractivity contribution in [3.8, 4) is 0 Å². The maximum atomic E-state index is 12.3. The third-order valence-corrected chi connectivity index (χ3v) is 3.23. The van der Waals surface area contributed by atoms with E-state index in [2.05, 4.69) is 0 Å². The molecule has 4 nitrogen and oxygen atoms in total. The fraction of sp³-hybridized carbons (Fsp3) is 0.846. The number of hydrogen-bond acceptors (Lipinski definition) is 2. The number of amides is 2. The van der Waals surface area contributed by atoms with Crippen LogP contribution in [0.15, 0.2) is 0 Å². The van der Waals surface area contributed by atoms with Gasteiger partial charge in [0.15, 0.2) is 0 Å². The van der Waals surface area contributed by atoms with Gasteiger partial charge in [-0.1, -0.05) is 20.8 Å². The molecule has 0 aliphatic carbocycles. The second-order valence-corrected chi connectivity index (χ2v) is 6.22. The fourth-order valence-corrected chi connectivity index (χ4v) is 2.30. The van der Waals surface area contributed by atoms with E-state index in [9.17, 15) is 22.8 Å². The highest BCUT2D eigenvalue weighted by molar-refractivity contribution is 5.90. The van der Waals surface area contributed by atoms with E-state index in [-0.39, 0.29) is 5.91 Å². The number of likely N-dealkylation sites (tertiary alicyclic amines) is 1. The summed E-state index contributed by atoms with van der Waals surface area (Å²) < 4.78 is 37.0. The average molecular weight is 294 g/mol. The first kappa shape index (κ1) is 16.8. The summed E-state index contributed by atoms with van der Waals surface area (Å²) >= 11 is 0. The Bertz CT molecular complexity index is 388. The molecule has 1 aliphatic heterocycles. The quantitative estimate of drug-likeness (QED) is 0.782. The van der Waals surface area contributed by atoms with Gasteiger partial charge in [-0.2, -0.15) is 13.2 Å². The first-order chi connectivity index (χ1) is 8.93. The number of rotatable bonds is 2. The van der Waals surface area contributed by atoms with Crippen LogP contribution in [0.1, 0.15) is 33.6 Å². The van der Waals surface area contributed by atoms with Gasteiger partial charge in [-0.05, 0) is 12.8 Å². The Balaban J connectivity index is 2.79. The molecule has 1 rings (SSSR count).